The average molecular weight is 523 g/mol. The second kappa shape index (κ2) is 10.4. The predicted molar refractivity (Wildman–Crippen MR) is 143 cm³/mol. The van der Waals surface area contributed by atoms with Gasteiger partial charge < -0.3 is 9.47 Å². The van der Waals surface area contributed by atoms with Crippen LogP contribution in [-0.2, 0) is 10.0 Å². The molecule has 0 atom stereocenters. The van der Waals surface area contributed by atoms with Gasteiger partial charge in [0.2, 0.25) is 11.8 Å². The number of methoxy groups -OCH3 is 1. The van der Waals surface area contributed by atoms with Crippen molar-refractivity contribution in [1.82, 2.24) is 19.7 Å². The van der Waals surface area contributed by atoms with Gasteiger partial charge in [0, 0.05) is 25.9 Å². The zero-order valence-electron chi connectivity index (χ0n) is 21.1. The number of sulfonamides is 1. The Hall–Kier alpha value is -4.31. The smallest absolute Gasteiger partial charge is 0.281 e. The third-order valence-electron chi connectivity index (χ3n) is 5.53. The first-order chi connectivity index (χ1) is 17.6. The van der Waals surface area contributed by atoms with Gasteiger partial charge in [-0.2, -0.15) is 8.42 Å². The summed E-state index contributed by atoms with van der Waals surface area (Å²) in [5.41, 5.74) is 4.28. The second-order valence-corrected chi connectivity index (χ2v) is 10.2. The highest BCUT2D eigenvalue weighted by molar-refractivity contribution is 7.90. The zero-order valence-corrected chi connectivity index (χ0v) is 21.9. The van der Waals surface area contributed by atoms with E-state index in [1.807, 2.05) is 39.0 Å². The molecule has 4 aromatic rings. The van der Waals surface area contributed by atoms with E-state index in [9.17, 15) is 13.2 Å². The monoisotopic (exact) mass is 522 g/mol. The number of hydrogen-bond donors (Lipinski definition) is 1. The average Bonchev–Trinajstić information content (AvgIpc) is 2.85. The van der Waals surface area contributed by atoms with Crippen LogP contribution in [0.25, 0.3) is 11.3 Å². The van der Waals surface area contributed by atoms with Crippen molar-refractivity contribution in [2.75, 3.05) is 7.11 Å². The quantitative estimate of drug-likeness (QED) is 0.352. The van der Waals surface area contributed by atoms with E-state index in [-0.39, 0.29) is 19.3 Å². The molecule has 4 rings (SSSR count). The lowest BCUT2D eigenvalue weighted by Crippen LogP contribution is -2.31. The summed E-state index contributed by atoms with van der Waals surface area (Å²) in [6.07, 6.45) is 1.60. The second-order valence-electron chi connectivity index (χ2n) is 8.52. The molecule has 0 aliphatic rings. The van der Waals surface area contributed by atoms with Crippen molar-refractivity contribution in [3.8, 4) is 28.8 Å². The molecule has 10 heteroatoms. The van der Waals surface area contributed by atoms with Gasteiger partial charge in [0.1, 0.15) is 11.3 Å². The normalized spacial score (nSPS) is 11.2. The van der Waals surface area contributed by atoms with Crippen molar-refractivity contribution in [2.24, 2.45) is 0 Å². The van der Waals surface area contributed by atoms with Crippen LogP contribution >= 0.6 is 0 Å². The van der Waals surface area contributed by atoms with E-state index >= 15 is 0 Å². The van der Waals surface area contributed by atoms with Gasteiger partial charge in [-0.1, -0.05) is 23.8 Å². The molecule has 1 amide bonds. The minimum atomic E-state index is -4.23. The van der Waals surface area contributed by atoms with E-state index in [1.165, 1.54) is 19.2 Å². The van der Waals surface area contributed by atoms with Crippen molar-refractivity contribution in [2.45, 2.75) is 32.7 Å². The largest absolute Gasteiger partial charge is 0.481 e. The van der Waals surface area contributed by atoms with Crippen LogP contribution in [0.1, 0.15) is 35.6 Å². The maximum absolute atomic E-state index is 13.2. The summed E-state index contributed by atoms with van der Waals surface area (Å²) in [6, 6.07) is 15.0. The summed E-state index contributed by atoms with van der Waals surface area (Å²) in [7, 11) is -2.69. The third kappa shape index (κ3) is 5.75. The van der Waals surface area contributed by atoms with E-state index in [2.05, 4.69) is 19.7 Å². The van der Waals surface area contributed by atoms with Gasteiger partial charge in [0.25, 0.3) is 15.9 Å². The van der Waals surface area contributed by atoms with Crippen LogP contribution in [0, 0.1) is 27.7 Å². The molecule has 0 radical (unpaired) electrons. The van der Waals surface area contributed by atoms with Crippen LogP contribution in [0.2, 0.25) is 0 Å². The first kappa shape index (κ1) is 25.8. The number of nitrogens with zero attached hydrogens (tertiary/aromatic N) is 3. The van der Waals surface area contributed by atoms with E-state index in [1.54, 1.807) is 37.4 Å². The molecule has 1 N–H and O–H groups in total. The maximum atomic E-state index is 13.2. The fourth-order valence-corrected chi connectivity index (χ4v) is 4.66. The molecule has 0 aliphatic carbocycles. The SMILES string of the molecule is COc1ncc(-c2ccc(C(=O)NS(=O)(=O)c3cccc(C)n3)c(Oc3ccc(C)cc3C)n2)cc1C.[HH].[HH]. The molecule has 1 aromatic carbocycles. The molecule has 3 aromatic heterocycles. The summed E-state index contributed by atoms with van der Waals surface area (Å²) >= 11 is 0. The molecule has 0 unspecified atom stereocenters. The molecule has 9 nitrogen and oxygen atoms in total. The molecule has 0 spiro atoms. The Morgan fingerprint density at radius 3 is 2.38 bits per heavy atom. The van der Waals surface area contributed by atoms with Gasteiger partial charge in [-0.15, -0.1) is 0 Å². The van der Waals surface area contributed by atoms with Crippen molar-refractivity contribution >= 4 is 15.9 Å². The Morgan fingerprint density at radius 2 is 1.70 bits per heavy atom. The molecule has 0 bridgehead atoms. The lowest BCUT2D eigenvalue weighted by Gasteiger charge is -2.14. The van der Waals surface area contributed by atoms with Crippen LogP contribution < -0.4 is 14.2 Å². The van der Waals surface area contributed by atoms with Crippen molar-refractivity contribution in [1.29, 1.82) is 0 Å². The number of carbonyl (C=O) groups is 1. The third-order valence-corrected chi connectivity index (χ3v) is 6.76. The molecule has 0 saturated carbocycles. The fourth-order valence-electron chi connectivity index (χ4n) is 3.68. The van der Waals surface area contributed by atoms with Crippen LogP contribution in [0.4, 0.5) is 0 Å². The molecule has 0 fully saturated rings. The fraction of sp³-hybridized carbons (Fsp3) is 0.185. The lowest BCUT2D eigenvalue weighted by molar-refractivity contribution is 0.0978. The van der Waals surface area contributed by atoms with Crippen LogP contribution in [0.15, 0.2) is 65.8 Å². The Bertz CT molecular complexity index is 1610. The zero-order chi connectivity index (χ0) is 26.7. The van der Waals surface area contributed by atoms with E-state index in [0.29, 0.717) is 28.6 Å². The van der Waals surface area contributed by atoms with Gasteiger partial charge in [-0.05, 0) is 69.7 Å². The standard InChI is InChI=1S/C27H26N4O5S.2H2/c1-16-9-12-23(17(2)13-16)36-27-21(25(32)31-37(33,34)24-8-6-7-19(4)29-24)10-11-22(30-27)20-14-18(3)26(35-5)28-15-20;;/h6-15H,1-5H3,(H,31,32);2*1H. The highest BCUT2D eigenvalue weighted by Crippen LogP contribution is 2.31. The number of carbonyl (C=O) groups excluding carboxylic acids is 1. The van der Waals surface area contributed by atoms with Gasteiger partial charge in [0.15, 0.2) is 5.03 Å². The minimum Gasteiger partial charge on any atom is -0.481 e. The number of hydrogen-bond acceptors (Lipinski definition) is 8. The highest BCUT2D eigenvalue weighted by Gasteiger charge is 2.24. The summed E-state index contributed by atoms with van der Waals surface area (Å²) in [5, 5.41) is -0.262. The highest BCUT2D eigenvalue weighted by atomic mass is 32.2. The topological polar surface area (TPSA) is 120 Å². The number of pyridine rings is 3. The molecule has 3 heterocycles. The van der Waals surface area contributed by atoms with Gasteiger partial charge in [-0.3, -0.25) is 4.79 Å². The predicted octanol–water partition coefficient (Wildman–Crippen LogP) is 5.18. The van der Waals surface area contributed by atoms with Gasteiger partial charge in [-0.25, -0.2) is 19.7 Å². The van der Waals surface area contributed by atoms with Crippen molar-refractivity contribution in [3.05, 3.63) is 88.7 Å². The van der Waals surface area contributed by atoms with Crippen LogP contribution in [0.5, 0.6) is 17.5 Å². The maximum Gasteiger partial charge on any atom is 0.281 e. The Balaban J connectivity index is 0.00000267. The molecule has 194 valence electrons. The molecule has 0 aliphatic heterocycles. The summed E-state index contributed by atoms with van der Waals surface area (Å²) in [6.45, 7) is 7.35. The number of aromatic nitrogens is 3. The Morgan fingerprint density at radius 1 is 0.919 bits per heavy atom. The number of rotatable bonds is 7. The lowest BCUT2D eigenvalue weighted by atomic mass is 10.1. The van der Waals surface area contributed by atoms with E-state index in [0.717, 1.165) is 16.7 Å². The first-order valence-corrected chi connectivity index (χ1v) is 12.8. The number of nitrogens with one attached hydrogen (secondary N) is 1. The first-order valence-electron chi connectivity index (χ1n) is 11.4. The number of amides is 1. The van der Waals surface area contributed by atoms with Crippen LogP contribution in [-0.4, -0.2) is 36.4 Å². The van der Waals surface area contributed by atoms with Gasteiger partial charge >= 0.3 is 0 Å². The summed E-state index contributed by atoms with van der Waals surface area (Å²) in [4.78, 5) is 26.0. The number of ether oxygens (including phenoxy) is 2. The van der Waals surface area contributed by atoms with E-state index < -0.39 is 15.9 Å². The molecule has 0 saturated heterocycles. The summed E-state index contributed by atoms with van der Waals surface area (Å²) in [5.74, 6) is 0.0204. The Kier molecular flexibility index (Phi) is 7.21. The number of benzene rings is 1. The van der Waals surface area contributed by atoms with Crippen molar-refractivity contribution < 1.29 is 25.5 Å². The number of aryl methyl sites for hydroxylation is 4. The molecular weight excluding hydrogens is 492 g/mol. The van der Waals surface area contributed by atoms with Crippen LogP contribution in [0.3, 0.4) is 0 Å². The molecular formula is C27H30N4O5S. The minimum absolute atomic E-state index is 0. The van der Waals surface area contributed by atoms with Gasteiger partial charge in [0.05, 0.1) is 12.8 Å². The van der Waals surface area contributed by atoms with Crippen molar-refractivity contribution in [3.63, 3.8) is 0 Å². The summed E-state index contributed by atoms with van der Waals surface area (Å²) < 4.78 is 39.0. The Labute approximate surface area is 218 Å². The molecule has 37 heavy (non-hydrogen) atoms. The van der Waals surface area contributed by atoms with E-state index in [4.69, 9.17) is 9.47 Å².